The van der Waals surface area contributed by atoms with Crippen LogP contribution in [0.2, 0.25) is 5.15 Å². The number of carbonyl (C=O) groups excluding carboxylic acids is 1. The van der Waals surface area contributed by atoms with Crippen LogP contribution in [0.3, 0.4) is 0 Å². The van der Waals surface area contributed by atoms with Gasteiger partial charge in [-0.25, -0.2) is 9.78 Å². The van der Waals surface area contributed by atoms with E-state index in [0.717, 1.165) is 17.7 Å². The Bertz CT molecular complexity index is 455. The maximum Gasteiger partial charge on any atom is 0.414 e. The minimum absolute atomic E-state index is 0.361. The van der Waals surface area contributed by atoms with Crippen LogP contribution in [0.5, 0.6) is 0 Å². The predicted molar refractivity (Wildman–Crippen MR) is 77.9 cm³/mol. The number of halogens is 1. The molecule has 0 N–H and O–H groups in total. The number of carbonyl (C=O) groups is 1. The lowest BCUT2D eigenvalue weighted by Gasteiger charge is -2.28. The maximum atomic E-state index is 12.3. The number of hydrogen-bond donors (Lipinski definition) is 0. The number of aromatic nitrogens is 1. The second kappa shape index (κ2) is 6.24. The Balaban J connectivity index is 3.06. The molecule has 0 radical (unpaired) electrons. The van der Waals surface area contributed by atoms with Gasteiger partial charge in [-0.3, -0.25) is 4.90 Å². The van der Waals surface area contributed by atoms with Crippen LogP contribution in [0.15, 0.2) is 12.3 Å². The number of amides is 1. The van der Waals surface area contributed by atoms with Crippen molar-refractivity contribution in [2.24, 2.45) is 0 Å². The normalized spacial score (nSPS) is 11.3. The van der Waals surface area contributed by atoms with Crippen LogP contribution in [0.4, 0.5) is 10.5 Å². The lowest BCUT2D eigenvalue weighted by Crippen LogP contribution is -2.37. The highest BCUT2D eigenvalue weighted by molar-refractivity contribution is 6.29. The minimum Gasteiger partial charge on any atom is -0.443 e. The molecule has 0 spiro atoms. The zero-order chi connectivity index (χ0) is 14.6. The zero-order valence-corrected chi connectivity index (χ0v) is 12.9. The van der Waals surface area contributed by atoms with Gasteiger partial charge < -0.3 is 4.74 Å². The number of nitrogens with zero attached hydrogens (tertiary/aromatic N) is 2. The van der Waals surface area contributed by atoms with Gasteiger partial charge in [0.25, 0.3) is 0 Å². The molecule has 0 aliphatic carbocycles. The smallest absolute Gasteiger partial charge is 0.414 e. The van der Waals surface area contributed by atoms with Crippen molar-refractivity contribution in [2.75, 3.05) is 11.4 Å². The SMILES string of the molecule is CCCN(C(=O)OC(C)(C)C)c1cc(Cl)ncc1C. The maximum absolute atomic E-state index is 12.3. The van der Waals surface area contributed by atoms with Crippen molar-refractivity contribution in [3.63, 3.8) is 0 Å². The average molecular weight is 285 g/mol. The highest BCUT2D eigenvalue weighted by atomic mass is 35.5. The predicted octanol–water partition coefficient (Wildman–Crippen LogP) is 4.19. The summed E-state index contributed by atoms with van der Waals surface area (Å²) in [7, 11) is 0. The van der Waals surface area contributed by atoms with Gasteiger partial charge in [-0.05, 0) is 45.7 Å². The molecule has 1 amide bonds. The third kappa shape index (κ3) is 4.71. The monoisotopic (exact) mass is 284 g/mol. The summed E-state index contributed by atoms with van der Waals surface area (Å²) in [6.45, 7) is 10.0. The molecule has 0 saturated heterocycles. The molecule has 4 nitrogen and oxygen atoms in total. The summed E-state index contributed by atoms with van der Waals surface area (Å²) in [6, 6.07) is 1.69. The quantitative estimate of drug-likeness (QED) is 0.782. The van der Waals surface area contributed by atoms with Crippen molar-refractivity contribution in [1.29, 1.82) is 0 Å². The number of ether oxygens (including phenoxy) is 1. The van der Waals surface area contributed by atoms with Crippen molar-refractivity contribution >= 4 is 23.4 Å². The van der Waals surface area contributed by atoms with Crippen LogP contribution in [-0.4, -0.2) is 23.2 Å². The van der Waals surface area contributed by atoms with Crippen molar-refractivity contribution < 1.29 is 9.53 Å². The van der Waals surface area contributed by atoms with Crippen molar-refractivity contribution in [2.45, 2.75) is 46.6 Å². The molecule has 0 unspecified atom stereocenters. The van der Waals surface area contributed by atoms with E-state index in [1.54, 1.807) is 17.2 Å². The first-order chi connectivity index (χ1) is 8.74. The number of hydrogen-bond acceptors (Lipinski definition) is 3. The van der Waals surface area contributed by atoms with Gasteiger partial charge in [0.2, 0.25) is 0 Å². The van der Waals surface area contributed by atoms with E-state index in [9.17, 15) is 4.79 Å². The fourth-order valence-corrected chi connectivity index (χ4v) is 1.78. The molecule has 106 valence electrons. The molecule has 1 heterocycles. The number of anilines is 1. The molecule has 1 aromatic rings. The van der Waals surface area contributed by atoms with Gasteiger partial charge >= 0.3 is 6.09 Å². The van der Waals surface area contributed by atoms with E-state index in [0.29, 0.717) is 11.7 Å². The summed E-state index contributed by atoms with van der Waals surface area (Å²) in [6.07, 6.45) is 2.13. The lowest BCUT2D eigenvalue weighted by atomic mass is 10.2. The first kappa shape index (κ1) is 15.8. The molecular formula is C14H21ClN2O2. The van der Waals surface area contributed by atoms with Gasteiger partial charge in [-0.15, -0.1) is 0 Å². The van der Waals surface area contributed by atoms with E-state index in [1.807, 2.05) is 34.6 Å². The third-order valence-corrected chi connectivity index (χ3v) is 2.60. The Morgan fingerprint density at radius 1 is 1.47 bits per heavy atom. The molecule has 0 saturated carbocycles. The van der Waals surface area contributed by atoms with Crippen LogP contribution in [0.25, 0.3) is 0 Å². The second-order valence-electron chi connectivity index (χ2n) is 5.43. The topological polar surface area (TPSA) is 42.4 Å². The summed E-state index contributed by atoms with van der Waals surface area (Å²) < 4.78 is 5.43. The van der Waals surface area contributed by atoms with E-state index in [1.165, 1.54) is 0 Å². The van der Waals surface area contributed by atoms with Gasteiger partial charge in [0.15, 0.2) is 0 Å². The van der Waals surface area contributed by atoms with Crippen molar-refractivity contribution in [1.82, 2.24) is 4.98 Å². The fourth-order valence-electron chi connectivity index (χ4n) is 1.63. The molecule has 1 aromatic heterocycles. The largest absolute Gasteiger partial charge is 0.443 e. The zero-order valence-electron chi connectivity index (χ0n) is 12.2. The Morgan fingerprint density at radius 2 is 2.11 bits per heavy atom. The molecular weight excluding hydrogens is 264 g/mol. The van der Waals surface area contributed by atoms with Crippen LogP contribution >= 0.6 is 11.6 Å². The second-order valence-corrected chi connectivity index (χ2v) is 5.81. The third-order valence-electron chi connectivity index (χ3n) is 2.39. The van der Waals surface area contributed by atoms with Crippen LogP contribution in [0, 0.1) is 6.92 Å². The summed E-state index contributed by atoms with van der Waals surface area (Å²) in [5.41, 5.74) is 1.12. The summed E-state index contributed by atoms with van der Waals surface area (Å²) in [4.78, 5) is 17.9. The van der Waals surface area contributed by atoms with Crippen molar-refractivity contribution in [3.05, 3.63) is 23.0 Å². The Labute approximate surface area is 119 Å². The van der Waals surface area contributed by atoms with E-state index < -0.39 is 5.60 Å². The first-order valence-corrected chi connectivity index (χ1v) is 6.75. The summed E-state index contributed by atoms with van der Waals surface area (Å²) in [5, 5.41) is 0.366. The minimum atomic E-state index is -0.520. The van der Waals surface area contributed by atoms with Crippen LogP contribution in [0.1, 0.15) is 39.7 Å². The van der Waals surface area contributed by atoms with Gasteiger partial charge in [0, 0.05) is 12.7 Å². The molecule has 0 aliphatic heterocycles. The Hall–Kier alpha value is -1.29. The van der Waals surface area contributed by atoms with Gasteiger partial charge in [-0.1, -0.05) is 18.5 Å². The van der Waals surface area contributed by atoms with Crippen LogP contribution in [-0.2, 0) is 4.74 Å². The highest BCUT2D eigenvalue weighted by Crippen LogP contribution is 2.24. The molecule has 0 atom stereocenters. The fraction of sp³-hybridized carbons (Fsp3) is 0.571. The molecule has 1 rings (SSSR count). The average Bonchev–Trinajstić information content (AvgIpc) is 2.27. The number of rotatable bonds is 3. The molecule has 5 heteroatoms. The summed E-state index contributed by atoms with van der Waals surface area (Å²) >= 11 is 5.91. The molecule has 19 heavy (non-hydrogen) atoms. The van der Waals surface area contributed by atoms with Crippen LogP contribution < -0.4 is 4.90 Å². The highest BCUT2D eigenvalue weighted by Gasteiger charge is 2.24. The number of pyridine rings is 1. The molecule has 0 aliphatic rings. The molecule has 0 fully saturated rings. The first-order valence-electron chi connectivity index (χ1n) is 6.37. The van der Waals surface area contributed by atoms with Gasteiger partial charge in [0.1, 0.15) is 10.8 Å². The summed E-state index contributed by atoms with van der Waals surface area (Å²) in [5.74, 6) is 0. The lowest BCUT2D eigenvalue weighted by molar-refractivity contribution is 0.0580. The van der Waals surface area contributed by atoms with Gasteiger partial charge in [-0.2, -0.15) is 0 Å². The Morgan fingerprint density at radius 3 is 2.63 bits per heavy atom. The Kier molecular flexibility index (Phi) is 5.18. The van der Waals surface area contributed by atoms with E-state index in [-0.39, 0.29) is 6.09 Å². The molecule has 0 bridgehead atoms. The van der Waals surface area contributed by atoms with Crippen molar-refractivity contribution in [3.8, 4) is 0 Å². The number of aryl methyl sites for hydroxylation is 1. The van der Waals surface area contributed by atoms with E-state index >= 15 is 0 Å². The van der Waals surface area contributed by atoms with E-state index in [4.69, 9.17) is 16.3 Å². The van der Waals surface area contributed by atoms with Gasteiger partial charge in [0.05, 0.1) is 5.69 Å². The standard InChI is InChI=1S/C14H21ClN2O2/c1-6-7-17(13(18)19-14(3,4)5)11-8-12(15)16-9-10(11)2/h8-9H,6-7H2,1-5H3. The van der Waals surface area contributed by atoms with E-state index in [2.05, 4.69) is 4.98 Å². The molecule has 0 aromatic carbocycles.